The molecule has 1 aromatic carbocycles. The van der Waals surface area contributed by atoms with Crippen LogP contribution in [0.5, 0.6) is 0 Å². The van der Waals surface area contributed by atoms with E-state index in [-0.39, 0.29) is 0 Å². The van der Waals surface area contributed by atoms with Crippen LogP contribution in [0.4, 0.5) is 0 Å². The largest absolute Gasteiger partial charge is 0.388 e. The van der Waals surface area contributed by atoms with E-state index in [0.717, 1.165) is 19.5 Å². The summed E-state index contributed by atoms with van der Waals surface area (Å²) in [5.41, 5.74) is 6.86. The zero-order valence-electron chi connectivity index (χ0n) is 10.2. The highest BCUT2D eigenvalue weighted by Crippen LogP contribution is 2.20. The predicted octanol–water partition coefficient (Wildman–Crippen LogP) is 2.22. The van der Waals surface area contributed by atoms with Crippen LogP contribution in [0.15, 0.2) is 30.3 Å². The summed E-state index contributed by atoms with van der Waals surface area (Å²) in [7, 11) is 0. The third-order valence-electron chi connectivity index (χ3n) is 3.36. The Morgan fingerprint density at radius 2 is 2.12 bits per heavy atom. The normalized spacial score (nSPS) is 21.3. The molecule has 3 heteroatoms. The molecule has 1 aliphatic heterocycles. The number of amidine groups is 1. The van der Waals surface area contributed by atoms with Crippen LogP contribution in [-0.2, 0) is 6.54 Å². The van der Waals surface area contributed by atoms with Gasteiger partial charge in [-0.2, -0.15) is 0 Å². The minimum Gasteiger partial charge on any atom is -0.388 e. The number of nitrogens with one attached hydrogen (secondary N) is 1. The van der Waals surface area contributed by atoms with Gasteiger partial charge in [0.15, 0.2) is 0 Å². The van der Waals surface area contributed by atoms with Gasteiger partial charge in [-0.05, 0) is 30.9 Å². The van der Waals surface area contributed by atoms with Crippen LogP contribution in [0, 0.1) is 11.3 Å². The SMILES string of the molecule is N=C(N)CC1CCCN(Cc2ccccc2)C1. The maximum atomic E-state index is 7.38. The van der Waals surface area contributed by atoms with Gasteiger partial charge in [-0.25, -0.2) is 0 Å². The van der Waals surface area contributed by atoms with Crippen molar-refractivity contribution in [2.75, 3.05) is 13.1 Å². The van der Waals surface area contributed by atoms with Gasteiger partial charge in [0.2, 0.25) is 0 Å². The fraction of sp³-hybridized carbons (Fsp3) is 0.500. The number of hydrogen-bond acceptors (Lipinski definition) is 2. The van der Waals surface area contributed by atoms with Crippen molar-refractivity contribution >= 4 is 5.84 Å². The lowest BCUT2D eigenvalue weighted by Crippen LogP contribution is -2.36. The quantitative estimate of drug-likeness (QED) is 0.616. The van der Waals surface area contributed by atoms with Crippen LogP contribution in [0.25, 0.3) is 0 Å². The molecule has 1 heterocycles. The number of hydrogen-bond donors (Lipinski definition) is 2. The molecule has 17 heavy (non-hydrogen) atoms. The fourth-order valence-corrected chi connectivity index (χ4v) is 2.61. The van der Waals surface area contributed by atoms with E-state index < -0.39 is 0 Å². The van der Waals surface area contributed by atoms with Crippen molar-refractivity contribution in [1.29, 1.82) is 5.41 Å². The zero-order valence-corrected chi connectivity index (χ0v) is 10.2. The lowest BCUT2D eigenvalue weighted by molar-refractivity contribution is 0.170. The van der Waals surface area contributed by atoms with E-state index in [1.807, 2.05) is 0 Å². The van der Waals surface area contributed by atoms with E-state index >= 15 is 0 Å². The molecule has 2 rings (SSSR count). The third kappa shape index (κ3) is 3.86. The van der Waals surface area contributed by atoms with E-state index in [2.05, 4.69) is 35.2 Å². The average Bonchev–Trinajstić information content (AvgIpc) is 2.30. The summed E-state index contributed by atoms with van der Waals surface area (Å²) in [6.07, 6.45) is 3.20. The standard InChI is InChI=1S/C14H21N3/c15-14(16)9-13-7-4-8-17(11-13)10-12-5-2-1-3-6-12/h1-3,5-6,13H,4,7-11H2,(H3,15,16). The van der Waals surface area contributed by atoms with E-state index in [9.17, 15) is 0 Å². The van der Waals surface area contributed by atoms with Gasteiger partial charge in [0, 0.05) is 19.5 Å². The van der Waals surface area contributed by atoms with Crippen molar-refractivity contribution < 1.29 is 0 Å². The second kappa shape index (κ2) is 5.82. The maximum absolute atomic E-state index is 7.38. The lowest BCUT2D eigenvalue weighted by atomic mass is 9.94. The Morgan fingerprint density at radius 1 is 1.35 bits per heavy atom. The Kier molecular flexibility index (Phi) is 4.15. The summed E-state index contributed by atoms with van der Waals surface area (Å²) in [6.45, 7) is 3.27. The molecule has 1 fully saturated rings. The minimum atomic E-state index is 0.330. The minimum absolute atomic E-state index is 0.330. The molecule has 3 N–H and O–H groups in total. The number of benzene rings is 1. The van der Waals surface area contributed by atoms with Crippen LogP contribution in [0.3, 0.4) is 0 Å². The molecule has 0 amide bonds. The highest BCUT2D eigenvalue weighted by Gasteiger charge is 2.20. The van der Waals surface area contributed by atoms with Gasteiger partial charge < -0.3 is 5.73 Å². The van der Waals surface area contributed by atoms with Crippen molar-refractivity contribution in [2.24, 2.45) is 11.7 Å². The summed E-state index contributed by atoms with van der Waals surface area (Å²) in [5.74, 6) is 0.904. The van der Waals surface area contributed by atoms with Gasteiger partial charge in [-0.1, -0.05) is 30.3 Å². The molecule has 0 aromatic heterocycles. The Hall–Kier alpha value is -1.35. The summed E-state index contributed by atoms with van der Waals surface area (Å²) in [5, 5.41) is 7.38. The molecule has 1 aliphatic rings. The summed E-state index contributed by atoms with van der Waals surface area (Å²) in [4.78, 5) is 2.48. The van der Waals surface area contributed by atoms with Crippen LogP contribution < -0.4 is 5.73 Å². The van der Waals surface area contributed by atoms with Gasteiger partial charge in [0.25, 0.3) is 0 Å². The van der Waals surface area contributed by atoms with E-state index in [1.165, 1.54) is 24.9 Å². The first-order valence-electron chi connectivity index (χ1n) is 6.33. The number of likely N-dealkylation sites (tertiary alicyclic amines) is 1. The molecule has 0 radical (unpaired) electrons. The zero-order chi connectivity index (χ0) is 12.1. The molecule has 0 saturated carbocycles. The Bertz CT molecular complexity index is 361. The van der Waals surface area contributed by atoms with Crippen molar-refractivity contribution in [2.45, 2.75) is 25.8 Å². The van der Waals surface area contributed by atoms with Crippen molar-refractivity contribution in [3.05, 3.63) is 35.9 Å². The topological polar surface area (TPSA) is 53.1 Å². The van der Waals surface area contributed by atoms with Gasteiger partial charge in [0.05, 0.1) is 5.84 Å². The third-order valence-corrected chi connectivity index (χ3v) is 3.36. The predicted molar refractivity (Wildman–Crippen MR) is 71.0 cm³/mol. The Morgan fingerprint density at radius 3 is 2.82 bits per heavy atom. The molecule has 3 nitrogen and oxygen atoms in total. The van der Waals surface area contributed by atoms with Crippen LogP contribution in [0.2, 0.25) is 0 Å². The van der Waals surface area contributed by atoms with Gasteiger partial charge in [-0.15, -0.1) is 0 Å². The first-order valence-corrected chi connectivity index (χ1v) is 6.33. The van der Waals surface area contributed by atoms with E-state index in [4.69, 9.17) is 11.1 Å². The molecule has 1 aromatic rings. The van der Waals surface area contributed by atoms with Gasteiger partial charge >= 0.3 is 0 Å². The van der Waals surface area contributed by atoms with Crippen molar-refractivity contribution in [1.82, 2.24) is 4.90 Å². The number of piperidine rings is 1. The molecule has 92 valence electrons. The Labute approximate surface area is 103 Å². The summed E-state index contributed by atoms with van der Waals surface area (Å²) < 4.78 is 0. The molecule has 1 saturated heterocycles. The molecule has 1 atom stereocenters. The van der Waals surface area contributed by atoms with E-state index in [1.54, 1.807) is 0 Å². The summed E-state index contributed by atoms with van der Waals surface area (Å²) >= 11 is 0. The van der Waals surface area contributed by atoms with Crippen LogP contribution in [0.1, 0.15) is 24.8 Å². The monoisotopic (exact) mass is 231 g/mol. The smallest absolute Gasteiger partial charge is 0.0908 e. The second-order valence-electron chi connectivity index (χ2n) is 4.96. The van der Waals surface area contributed by atoms with Crippen LogP contribution in [-0.4, -0.2) is 23.8 Å². The highest BCUT2D eigenvalue weighted by molar-refractivity contribution is 5.77. The van der Waals surface area contributed by atoms with Crippen LogP contribution >= 0.6 is 0 Å². The van der Waals surface area contributed by atoms with Gasteiger partial charge in [0.1, 0.15) is 0 Å². The number of rotatable bonds is 4. The number of nitrogens with zero attached hydrogens (tertiary/aromatic N) is 1. The Balaban J connectivity index is 1.87. The van der Waals surface area contributed by atoms with Gasteiger partial charge in [-0.3, -0.25) is 10.3 Å². The maximum Gasteiger partial charge on any atom is 0.0908 e. The molecule has 0 aliphatic carbocycles. The summed E-state index contributed by atoms with van der Waals surface area (Å²) in [6, 6.07) is 10.6. The fourth-order valence-electron chi connectivity index (χ4n) is 2.61. The molecule has 1 unspecified atom stereocenters. The number of nitrogens with two attached hydrogens (primary N) is 1. The van der Waals surface area contributed by atoms with E-state index in [0.29, 0.717) is 11.8 Å². The molecule has 0 bridgehead atoms. The first-order chi connectivity index (χ1) is 8.24. The first kappa shape index (κ1) is 12.1. The van der Waals surface area contributed by atoms with Crippen molar-refractivity contribution in [3.63, 3.8) is 0 Å². The lowest BCUT2D eigenvalue weighted by Gasteiger charge is -2.32. The molecular formula is C14H21N3. The van der Waals surface area contributed by atoms with Crippen molar-refractivity contribution in [3.8, 4) is 0 Å². The molecular weight excluding hydrogens is 210 g/mol. The molecule has 0 spiro atoms. The second-order valence-corrected chi connectivity index (χ2v) is 4.96. The average molecular weight is 231 g/mol. The highest BCUT2D eigenvalue weighted by atomic mass is 15.1.